The normalized spacial score (nSPS) is 10.7. The Morgan fingerprint density at radius 3 is 2.91 bits per heavy atom. The second-order valence-electron chi connectivity index (χ2n) is 4.22. The molecule has 0 unspecified atom stereocenters. The second kappa shape index (κ2) is 8.10. The predicted octanol–water partition coefficient (Wildman–Crippen LogP) is 4.28. The van der Waals surface area contributed by atoms with Crippen molar-refractivity contribution in [3.8, 4) is 0 Å². The first-order chi connectivity index (χ1) is 11.0. The van der Waals surface area contributed by atoms with Crippen molar-refractivity contribution in [1.82, 2.24) is 4.98 Å². The van der Waals surface area contributed by atoms with Gasteiger partial charge in [-0.25, -0.2) is 9.78 Å². The van der Waals surface area contributed by atoms with Gasteiger partial charge in [-0.05, 0) is 24.6 Å². The largest absolute Gasteiger partial charge is 0.461 e. The number of nitrogens with one attached hydrogen (secondary N) is 1. The third-order valence-corrected chi connectivity index (χ3v) is 4.21. The van der Waals surface area contributed by atoms with Gasteiger partial charge in [0.05, 0.1) is 16.7 Å². The number of hydrogen-bond donors (Lipinski definition) is 1. The molecule has 23 heavy (non-hydrogen) atoms. The van der Waals surface area contributed by atoms with E-state index in [1.807, 2.05) is 0 Å². The molecule has 8 heteroatoms. The van der Waals surface area contributed by atoms with Crippen LogP contribution in [0.5, 0.6) is 0 Å². The summed E-state index contributed by atoms with van der Waals surface area (Å²) < 4.78 is 4.83. The summed E-state index contributed by atoms with van der Waals surface area (Å²) in [6.07, 6.45) is 2.85. The lowest BCUT2D eigenvalue weighted by Crippen LogP contribution is -2.09. The Hall–Kier alpha value is -1.89. The number of thiazole rings is 1. The van der Waals surface area contributed by atoms with Gasteiger partial charge in [0, 0.05) is 11.5 Å². The molecule has 0 fully saturated rings. The number of nitrogens with zero attached hydrogens (tertiary/aromatic N) is 1. The minimum Gasteiger partial charge on any atom is -0.461 e. The van der Waals surface area contributed by atoms with E-state index in [2.05, 4.69) is 10.3 Å². The number of esters is 1. The predicted molar refractivity (Wildman–Crippen MR) is 92.2 cm³/mol. The molecule has 0 aliphatic carbocycles. The van der Waals surface area contributed by atoms with E-state index in [-0.39, 0.29) is 12.3 Å². The van der Waals surface area contributed by atoms with Crippen molar-refractivity contribution in [2.45, 2.75) is 6.92 Å². The first-order valence-electron chi connectivity index (χ1n) is 6.57. The fourth-order valence-electron chi connectivity index (χ4n) is 1.59. The summed E-state index contributed by atoms with van der Waals surface area (Å²) in [5.74, 6) is -0.920. The van der Waals surface area contributed by atoms with E-state index in [1.165, 1.54) is 11.5 Å². The van der Waals surface area contributed by atoms with Crippen LogP contribution in [0.2, 0.25) is 10.0 Å². The molecule has 1 aromatic carbocycles. The number of halogens is 2. The van der Waals surface area contributed by atoms with Crippen molar-refractivity contribution < 1.29 is 14.3 Å². The van der Waals surface area contributed by atoms with Crippen LogP contribution in [-0.2, 0) is 9.53 Å². The SMILES string of the molecule is CCOC(=O)c1csc(NC(=O)/C=C/c2cccc(Cl)c2Cl)n1. The molecule has 0 aliphatic rings. The lowest BCUT2D eigenvalue weighted by molar-refractivity contribution is -0.111. The standard InChI is InChI=1S/C15H12Cl2N2O3S/c1-2-22-14(21)11-8-23-15(18-11)19-12(20)7-6-9-4-3-5-10(16)13(9)17/h3-8H,2H2,1H3,(H,18,19,20)/b7-6+. The molecular formula is C15H12Cl2N2O3S. The van der Waals surface area contributed by atoms with E-state index < -0.39 is 11.9 Å². The summed E-state index contributed by atoms with van der Waals surface area (Å²) in [6.45, 7) is 1.97. The molecule has 1 amide bonds. The van der Waals surface area contributed by atoms with E-state index in [0.717, 1.165) is 11.3 Å². The van der Waals surface area contributed by atoms with Crippen molar-refractivity contribution in [2.24, 2.45) is 0 Å². The Kier molecular flexibility index (Phi) is 6.15. The van der Waals surface area contributed by atoms with Crippen LogP contribution in [0.15, 0.2) is 29.7 Å². The van der Waals surface area contributed by atoms with Crippen LogP contribution in [0.4, 0.5) is 5.13 Å². The highest BCUT2D eigenvalue weighted by Crippen LogP contribution is 2.26. The highest BCUT2D eigenvalue weighted by Gasteiger charge is 2.12. The Bertz CT molecular complexity index is 759. The molecule has 1 heterocycles. The molecule has 0 radical (unpaired) electrons. The average Bonchev–Trinajstić information content (AvgIpc) is 2.97. The molecule has 0 spiro atoms. The molecule has 0 saturated carbocycles. The summed E-state index contributed by atoms with van der Waals surface area (Å²) in [5, 5.41) is 5.17. The van der Waals surface area contributed by atoms with Crippen LogP contribution in [0, 0.1) is 0 Å². The second-order valence-corrected chi connectivity index (χ2v) is 5.87. The molecule has 0 aliphatic heterocycles. The highest BCUT2D eigenvalue weighted by atomic mass is 35.5. The zero-order valence-electron chi connectivity index (χ0n) is 12.0. The van der Waals surface area contributed by atoms with Gasteiger partial charge >= 0.3 is 5.97 Å². The summed E-state index contributed by atoms with van der Waals surface area (Å²) in [4.78, 5) is 27.3. The monoisotopic (exact) mass is 370 g/mol. The van der Waals surface area contributed by atoms with Gasteiger partial charge in [0.15, 0.2) is 10.8 Å². The average molecular weight is 371 g/mol. The number of rotatable bonds is 5. The van der Waals surface area contributed by atoms with Crippen molar-refractivity contribution in [3.63, 3.8) is 0 Å². The quantitative estimate of drug-likeness (QED) is 0.629. The van der Waals surface area contributed by atoms with Crippen LogP contribution in [0.1, 0.15) is 23.0 Å². The number of aromatic nitrogens is 1. The van der Waals surface area contributed by atoms with E-state index >= 15 is 0 Å². The molecular weight excluding hydrogens is 359 g/mol. The summed E-state index contributed by atoms with van der Waals surface area (Å²) >= 11 is 13.1. The number of ether oxygens (including phenoxy) is 1. The zero-order valence-corrected chi connectivity index (χ0v) is 14.3. The first-order valence-corrected chi connectivity index (χ1v) is 8.20. The van der Waals surface area contributed by atoms with Crippen molar-refractivity contribution >= 4 is 57.6 Å². The number of amides is 1. The van der Waals surface area contributed by atoms with Gasteiger partial charge in [-0.15, -0.1) is 11.3 Å². The van der Waals surface area contributed by atoms with Crippen LogP contribution >= 0.6 is 34.5 Å². The fraction of sp³-hybridized carbons (Fsp3) is 0.133. The molecule has 120 valence electrons. The van der Waals surface area contributed by atoms with Crippen molar-refractivity contribution in [1.29, 1.82) is 0 Å². The van der Waals surface area contributed by atoms with Gasteiger partial charge in [0.1, 0.15) is 0 Å². The molecule has 0 bridgehead atoms. The van der Waals surface area contributed by atoms with Gasteiger partial charge in [0.2, 0.25) is 5.91 Å². The number of benzene rings is 1. The smallest absolute Gasteiger partial charge is 0.357 e. The fourth-order valence-corrected chi connectivity index (χ4v) is 2.65. The minimum absolute atomic E-state index is 0.161. The van der Waals surface area contributed by atoms with Crippen LogP contribution in [0.3, 0.4) is 0 Å². The van der Waals surface area contributed by atoms with Gasteiger partial charge in [-0.3, -0.25) is 10.1 Å². The molecule has 5 nitrogen and oxygen atoms in total. The molecule has 1 N–H and O–H groups in total. The summed E-state index contributed by atoms with van der Waals surface area (Å²) in [6, 6.07) is 5.13. The van der Waals surface area contributed by atoms with Crippen molar-refractivity contribution in [2.75, 3.05) is 11.9 Å². The number of carbonyl (C=O) groups is 2. The maximum Gasteiger partial charge on any atom is 0.357 e. The molecule has 0 saturated heterocycles. The Morgan fingerprint density at radius 2 is 2.17 bits per heavy atom. The van der Waals surface area contributed by atoms with Gasteiger partial charge in [0.25, 0.3) is 0 Å². The van der Waals surface area contributed by atoms with Gasteiger partial charge in [-0.1, -0.05) is 35.3 Å². The zero-order chi connectivity index (χ0) is 16.8. The maximum absolute atomic E-state index is 11.9. The molecule has 2 aromatic rings. The number of anilines is 1. The summed E-state index contributed by atoms with van der Waals surface area (Å²) in [5.41, 5.74) is 0.787. The van der Waals surface area contributed by atoms with Crippen LogP contribution < -0.4 is 5.32 Å². The molecule has 1 aromatic heterocycles. The summed E-state index contributed by atoms with van der Waals surface area (Å²) in [7, 11) is 0. The van der Waals surface area contributed by atoms with E-state index in [0.29, 0.717) is 20.7 Å². The Balaban J connectivity index is 2.01. The number of carbonyl (C=O) groups excluding carboxylic acids is 2. The van der Waals surface area contributed by atoms with E-state index in [1.54, 1.807) is 31.2 Å². The van der Waals surface area contributed by atoms with Crippen molar-refractivity contribution in [3.05, 3.63) is 51.0 Å². The van der Waals surface area contributed by atoms with Crippen LogP contribution in [0.25, 0.3) is 6.08 Å². The first kappa shape index (κ1) is 17.5. The minimum atomic E-state index is -0.523. The van der Waals surface area contributed by atoms with Crippen LogP contribution in [-0.4, -0.2) is 23.5 Å². The third-order valence-electron chi connectivity index (χ3n) is 2.61. The third kappa shape index (κ3) is 4.79. The highest BCUT2D eigenvalue weighted by molar-refractivity contribution is 7.14. The lowest BCUT2D eigenvalue weighted by atomic mass is 10.2. The van der Waals surface area contributed by atoms with Gasteiger partial charge in [-0.2, -0.15) is 0 Å². The van der Waals surface area contributed by atoms with E-state index in [4.69, 9.17) is 27.9 Å². The molecule has 0 atom stereocenters. The Morgan fingerprint density at radius 1 is 1.39 bits per heavy atom. The van der Waals surface area contributed by atoms with Gasteiger partial charge < -0.3 is 4.74 Å². The topological polar surface area (TPSA) is 68.3 Å². The molecule has 2 rings (SSSR count). The lowest BCUT2D eigenvalue weighted by Gasteiger charge is -2.00. The maximum atomic E-state index is 11.9. The van der Waals surface area contributed by atoms with E-state index in [9.17, 15) is 9.59 Å². The Labute approximate surface area is 146 Å². The number of hydrogen-bond acceptors (Lipinski definition) is 5.